The number of carbonyl (C=O) groups is 2. The van der Waals surface area contributed by atoms with Gasteiger partial charge in [-0.15, -0.1) is 0 Å². The van der Waals surface area contributed by atoms with Crippen LogP contribution in [0.3, 0.4) is 0 Å². The first kappa shape index (κ1) is 23.3. The molecule has 0 aliphatic carbocycles. The molecule has 8 nitrogen and oxygen atoms in total. The number of nitrogens with zero attached hydrogens (tertiary/aromatic N) is 5. The molecule has 4 rings (SSSR count). The van der Waals surface area contributed by atoms with Crippen molar-refractivity contribution in [3.63, 3.8) is 0 Å². The van der Waals surface area contributed by atoms with Gasteiger partial charge in [0.05, 0.1) is 12.8 Å². The van der Waals surface area contributed by atoms with Crippen molar-refractivity contribution in [1.29, 1.82) is 0 Å². The number of imide groups is 1. The third-order valence-corrected chi connectivity index (χ3v) is 7.42. The highest BCUT2D eigenvalue weighted by molar-refractivity contribution is 6.06. The summed E-state index contributed by atoms with van der Waals surface area (Å²) >= 11 is 0. The summed E-state index contributed by atoms with van der Waals surface area (Å²) in [6.07, 6.45) is 2.02. The van der Waals surface area contributed by atoms with Crippen LogP contribution in [0.15, 0.2) is 24.3 Å². The molecule has 0 radical (unpaired) electrons. The lowest BCUT2D eigenvalue weighted by molar-refractivity contribution is -0.134. The molecule has 33 heavy (non-hydrogen) atoms. The maximum Gasteiger partial charge on any atom is 0.327 e. The zero-order valence-corrected chi connectivity index (χ0v) is 20.4. The SMILES string of the molecule is CCn1nc(C)c(CN2CCC3(CC2)C(=O)N(C)C(=O)N3CCc2ccc(OC)cc2)c1C. The van der Waals surface area contributed by atoms with E-state index in [1.807, 2.05) is 33.8 Å². The van der Waals surface area contributed by atoms with Crippen molar-refractivity contribution in [1.82, 2.24) is 24.5 Å². The average Bonchev–Trinajstić information content (AvgIpc) is 3.20. The van der Waals surface area contributed by atoms with Gasteiger partial charge < -0.3 is 9.64 Å². The molecular formula is C25H35N5O3. The second-order valence-electron chi connectivity index (χ2n) is 9.17. The van der Waals surface area contributed by atoms with Crippen LogP contribution < -0.4 is 4.74 Å². The van der Waals surface area contributed by atoms with Crippen LogP contribution in [0.4, 0.5) is 4.79 Å². The van der Waals surface area contributed by atoms with Gasteiger partial charge in [0.2, 0.25) is 0 Å². The molecule has 3 amide bonds. The summed E-state index contributed by atoms with van der Waals surface area (Å²) in [6, 6.07) is 7.70. The molecule has 2 aliphatic rings. The first-order chi connectivity index (χ1) is 15.8. The van der Waals surface area contributed by atoms with Gasteiger partial charge in [-0.25, -0.2) is 4.79 Å². The number of hydrogen-bond acceptors (Lipinski definition) is 5. The van der Waals surface area contributed by atoms with Gasteiger partial charge in [0.15, 0.2) is 0 Å². The largest absolute Gasteiger partial charge is 0.497 e. The Hall–Kier alpha value is -2.87. The summed E-state index contributed by atoms with van der Waals surface area (Å²) < 4.78 is 7.28. The van der Waals surface area contributed by atoms with E-state index in [9.17, 15) is 9.59 Å². The van der Waals surface area contributed by atoms with Gasteiger partial charge in [-0.1, -0.05) is 12.1 Å². The molecular weight excluding hydrogens is 418 g/mol. The van der Waals surface area contributed by atoms with E-state index < -0.39 is 5.54 Å². The molecule has 1 spiro atoms. The van der Waals surface area contributed by atoms with E-state index in [1.165, 1.54) is 16.2 Å². The van der Waals surface area contributed by atoms with Gasteiger partial charge >= 0.3 is 6.03 Å². The van der Waals surface area contributed by atoms with Crippen LogP contribution in [-0.4, -0.2) is 75.7 Å². The number of piperidine rings is 1. The van der Waals surface area contributed by atoms with Gasteiger partial charge in [0, 0.05) is 51.0 Å². The monoisotopic (exact) mass is 453 g/mol. The highest BCUT2D eigenvalue weighted by atomic mass is 16.5. The zero-order valence-electron chi connectivity index (χ0n) is 20.4. The van der Waals surface area contributed by atoms with Gasteiger partial charge in [0.25, 0.3) is 5.91 Å². The van der Waals surface area contributed by atoms with Crippen LogP contribution in [-0.2, 0) is 24.3 Å². The topological polar surface area (TPSA) is 70.9 Å². The van der Waals surface area contributed by atoms with E-state index in [-0.39, 0.29) is 11.9 Å². The summed E-state index contributed by atoms with van der Waals surface area (Å²) in [6.45, 7) is 10.1. The summed E-state index contributed by atoms with van der Waals surface area (Å²) in [5, 5.41) is 4.64. The number of benzene rings is 1. The Labute approximate surface area is 196 Å². The van der Waals surface area contributed by atoms with Gasteiger partial charge in [0.1, 0.15) is 11.3 Å². The van der Waals surface area contributed by atoms with Crippen LogP contribution in [0.5, 0.6) is 5.75 Å². The summed E-state index contributed by atoms with van der Waals surface area (Å²) in [5.74, 6) is 0.748. The number of urea groups is 1. The average molecular weight is 454 g/mol. The first-order valence-corrected chi connectivity index (χ1v) is 11.8. The predicted molar refractivity (Wildman–Crippen MR) is 126 cm³/mol. The third kappa shape index (κ3) is 4.12. The minimum atomic E-state index is -0.730. The van der Waals surface area contributed by atoms with Gasteiger partial charge in [-0.2, -0.15) is 5.10 Å². The fourth-order valence-corrected chi connectivity index (χ4v) is 5.28. The number of carbonyl (C=O) groups excluding carboxylic acids is 2. The molecule has 2 saturated heterocycles. The number of aryl methyl sites for hydroxylation is 2. The molecule has 1 aromatic heterocycles. The predicted octanol–water partition coefficient (Wildman–Crippen LogP) is 3.00. The van der Waals surface area contributed by atoms with Gasteiger partial charge in [-0.05, 0) is 57.7 Å². The van der Waals surface area contributed by atoms with Crippen LogP contribution in [0.2, 0.25) is 0 Å². The van der Waals surface area contributed by atoms with E-state index in [4.69, 9.17) is 4.74 Å². The maximum atomic E-state index is 13.2. The Morgan fingerprint density at radius 3 is 2.33 bits per heavy atom. The highest BCUT2D eigenvalue weighted by Gasteiger charge is 2.56. The molecule has 0 unspecified atom stereocenters. The number of ether oxygens (including phenoxy) is 1. The standard InChI is InChI=1S/C25H35N5O3/c1-6-30-19(3)22(18(2)26-30)17-28-15-12-25(13-16-28)23(31)27(4)24(32)29(25)14-11-20-7-9-21(33-5)10-8-20/h7-10H,6,11-17H2,1-5H3. The van der Waals surface area contributed by atoms with Crippen molar-refractivity contribution in [3.05, 3.63) is 46.8 Å². The fraction of sp³-hybridized carbons (Fsp3) is 0.560. The second kappa shape index (κ2) is 9.17. The van der Waals surface area contributed by atoms with E-state index in [1.54, 1.807) is 14.2 Å². The van der Waals surface area contributed by atoms with Crippen molar-refractivity contribution >= 4 is 11.9 Å². The van der Waals surface area contributed by atoms with E-state index in [0.717, 1.165) is 43.2 Å². The molecule has 0 N–H and O–H groups in total. The maximum absolute atomic E-state index is 13.2. The number of rotatable bonds is 7. The summed E-state index contributed by atoms with van der Waals surface area (Å²) in [4.78, 5) is 31.7. The summed E-state index contributed by atoms with van der Waals surface area (Å²) in [7, 11) is 3.26. The van der Waals surface area contributed by atoms with Crippen molar-refractivity contribution in [2.45, 2.75) is 58.7 Å². The number of hydrogen-bond donors (Lipinski definition) is 0. The van der Waals surface area contributed by atoms with E-state index in [2.05, 4.69) is 30.8 Å². The normalized spacial score (nSPS) is 18.6. The third-order valence-electron chi connectivity index (χ3n) is 7.42. The minimum Gasteiger partial charge on any atom is -0.497 e. The fourth-order valence-electron chi connectivity index (χ4n) is 5.28. The molecule has 178 valence electrons. The van der Waals surface area contributed by atoms with Crippen molar-refractivity contribution < 1.29 is 14.3 Å². The Bertz CT molecular complexity index is 1020. The molecule has 1 aromatic carbocycles. The number of aromatic nitrogens is 2. The minimum absolute atomic E-state index is 0.0620. The number of amides is 3. The molecule has 0 bridgehead atoms. The highest BCUT2D eigenvalue weighted by Crippen LogP contribution is 2.37. The van der Waals surface area contributed by atoms with Crippen LogP contribution >= 0.6 is 0 Å². The van der Waals surface area contributed by atoms with E-state index >= 15 is 0 Å². The molecule has 2 fully saturated rings. The quantitative estimate of drug-likeness (QED) is 0.603. The zero-order chi connectivity index (χ0) is 23.8. The molecule has 0 atom stereocenters. The summed E-state index contributed by atoms with van der Waals surface area (Å²) in [5.41, 5.74) is 3.95. The van der Waals surface area contributed by atoms with Crippen molar-refractivity contribution in [2.24, 2.45) is 0 Å². The van der Waals surface area contributed by atoms with Crippen LogP contribution in [0, 0.1) is 13.8 Å². The Morgan fingerprint density at radius 2 is 1.76 bits per heavy atom. The Balaban J connectivity index is 1.46. The smallest absolute Gasteiger partial charge is 0.327 e. The Morgan fingerprint density at radius 1 is 1.09 bits per heavy atom. The number of methoxy groups -OCH3 is 1. The van der Waals surface area contributed by atoms with Crippen LogP contribution in [0.25, 0.3) is 0 Å². The molecule has 2 aromatic rings. The van der Waals surface area contributed by atoms with Crippen molar-refractivity contribution in [3.8, 4) is 5.75 Å². The number of likely N-dealkylation sites (N-methyl/N-ethyl adjacent to an activating group) is 1. The molecule has 0 saturated carbocycles. The first-order valence-electron chi connectivity index (χ1n) is 11.8. The Kier molecular flexibility index (Phi) is 6.47. The van der Waals surface area contributed by atoms with Gasteiger partial charge in [-0.3, -0.25) is 19.3 Å². The molecule has 2 aliphatic heterocycles. The lowest BCUT2D eigenvalue weighted by Crippen LogP contribution is -2.56. The lowest BCUT2D eigenvalue weighted by Gasteiger charge is -2.42. The van der Waals surface area contributed by atoms with Crippen molar-refractivity contribution in [2.75, 3.05) is 33.8 Å². The van der Waals surface area contributed by atoms with E-state index in [0.29, 0.717) is 25.8 Å². The molecule has 8 heteroatoms. The lowest BCUT2D eigenvalue weighted by atomic mass is 9.85. The second-order valence-corrected chi connectivity index (χ2v) is 9.17. The number of likely N-dealkylation sites (tertiary alicyclic amines) is 1. The molecule has 3 heterocycles. The van der Waals surface area contributed by atoms with Crippen LogP contribution in [0.1, 0.15) is 42.3 Å².